The Kier molecular flexibility index (Phi) is 7.16. The van der Waals surface area contributed by atoms with Crippen LogP contribution in [-0.4, -0.2) is 51.4 Å². The Morgan fingerprint density at radius 1 is 1.42 bits per heavy atom. The molecule has 0 saturated carbocycles. The number of H-pyrrole nitrogens is 1. The van der Waals surface area contributed by atoms with E-state index in [1.54, 1.807) is 12.1 Å². The van der Waals surface area contributed by atoms with Crippen molar-refractivity contribution in [2.45, 2.75) is 39.2 Å². The molecule has 6 nitrogen and oxygen atoms in total. The molecule has 7 heteroatoms. The molecule has 0 aliphatic carbocycles. The van der Waals surface area contributed by atoms with E-state index in [0.29, 0.717) is 6.47 Å². The van der Waals surface area contributed by atoms with Gasteiger partial charge in [-0.05, 0) is 39.3 Å². The number of hydrogen-bond donors (Lipinski definition) is 2. The van der Waals surface area contributed by atoms with Gasteiger partial charge in [0.05, 0.1) is 16.2 Å². The van der Waals surface area contributed by atoms with Crippen LogP contribution in [-0.2, 0) is 16.0 Å². The van der Waals surface area contributed by atoms with Crippen LogP contribution in [0.2, 0.25) is 0 Å². The number of rotatable bonds is 4. The number of aryl methyl sites for hydroxylation is 1. The van der Waals surface area contributed by atoms with E-state index in [2.05, 4.69) is 14.9 Å². The molecule has 1 aromatic heterocycles. The van der Waals surface area contributed by atoms with Gasteiger partial charge >= 0.3 is 0 Å². The molecule has 0 fully saturated rings. The third kappa shape index (κ3) is 6.54. The minimum Gasteiger partial charge on any atom is -0.508 e. The lowest BCUT2D eigenvalue weighted by atomic mass is 10.1. The van der Waals surface area contributed by atoms with Crippen LogP contribution in [0, 0.1) is 0 Å². The number of phenolic OH excluding ortho intramolecular Hbond substituents is 1. The number of thiocarbonyl (C=S) groups is 1. The van der Waals surface area contributed by atoms with E-state index < -0.39 is 0 Å². The molecule has 0 unspecified atom stereocenters. The highest BCUT2D eigenvalue weighted by atomic mass is 32.1. The van der Waals surface area contributed by atoms with Gasteiger partial charge < -0.3 is 14.7 Å². The van der Waals surface area contributed by atoms with Gasteiger partial charge in [-0.2, -0.15) is 5.10 Å². The van der Waals surface area contributed by atoms with Gasteiger partial charge in [-0.15, -0.1) is 0 Å². The van der Waals surface area contributed by atoms with Gasteiger partial charge in [0.15, 0.2) is 0 Å². The van der Waals surface area contributed by atoms with Gasteiger partial charge in [0.2, 0.25) is 0 Å². The van der Waals surface area contributed by atoms with E-state index in [1.807, 2.05) is 45.8 Å². The fourth-order valence-corrected chi connectivity index (χ4v) is 1.95. The van der Waals surface area contributed by atoms with Crippen LogP contribution < -0.4 is 0 Å². The summed E-state index contributed by atoms with van der Waals surface area (Å²) in [5.41, 5.74) is 1.53. The van der Waals surface area contributed by atoms with Crippen LogP contribution in [0.4, 0.5) is 0 Å². The molecule has 1 aromatic carbocycles. The standard InChI is InChI=1S/C12H15N3OS.C5H10O2/c1-15(2)12(17)6-5-10-9-4-3-8(16)7-11(9)14-13-10;1-5(2,3)7-4-6/h3-4,7,16H,5-6H2,1-2H3,(H,13,14);4H,1-3H3. The van der Waals surface area contributed by atoms with E-state index in [9.17, 15) is 9.90 Å². The second-order valence-corrected chi connectivity index (χ2v) is 6.99. The third-order valence-electron chi connectivity index (χ3n) is 3.10. The summed E-state index contributed by atoms with van der Waals surface area (Å²) in [6, 6.07) is 5.23. The largest absolute Gasteiger partial charge is 0.508 e. The number of hydrogen-bond acceptors (Lipinski definition) is 5. The second-order valence-electron chi connectivity index (χ2n) is 6.51. The van der Waals surface area contributed by atoms with Gasteiger partial charge in [0.25, 0.3) is 6.47 Å². The average Bonchev–Trinajstić information content (AvgIpc) is 2.86. The first-order valence-electron chi connectivity index (χ1n) is 7.61. The van der Waals surface area contributed by atoms with Crippen molar-refractivity contribution >= 4 is 34.6 Å². The fourth-order valence-electron chi connectivity index (χ4n) is 1.85. The Labute approximate surface area is 147 Å². The van der Waals surface area contributed by atoms with Gasteiger partial charge in [0, 0.05) is 32.0 Å². The highest BCUT2D eigenvalue weighted by molar-refractivity contribution is 7.80. The number of aromatic nitrogens is 2. The van der Waals surface area contributed by atoms with E-state index in [4.69, 9.17) is 12.2 Å². The first-order chi connectivity index (χ1) is 11.1. The molecule has 2 aromatic rings. The maximum Gasteiger partial charge on any atom is 0.293 e. The van der Waals surface area contributed by atoms with E-state index in [-0.39, 0.29) is 11.4 Å². The number of carbonyl (C=O) groups is 1. The number of nitrogens with zero attached hydrogens (tertiary/aromatic N) is 2. The number of fused-ring (bicyclic) bond motifs is 1. The molecule has 0 saturated heterocycles. The average molecular weight is 351 g/mol. The second kappa shape index (κ2) is 8.63. The summed E-state index contributed by atoms with van der Waals surface area (Å²) >= 11 is 5.24. The van der Waals surface area contributed by atoms with Crippen LogP contribution in [0.3, 0.4) is 0 Å². The Morgan fingerprint density at radius 2 is 2.08 bits per heavy atom. The molecule has 24 heavy (non-hydrogen) atoms. The highest BCUT2D eigenvalue weighted by Crippen LogP contribution is 2.21. The molecule has 2 N–H and O–H groups in total. The summed E-state index contributed by atoms with van der Waals surface area (Å²) in [5, 5.41) is 17.6. The zero-order valence-corrected chi connectivity index (χ0v) is 15.6. The summed E-state index contributed by atoms with van der Waals surface area (Å²) in [6.45, 7) is 5.92. The lowest BCUT2D eigenvalue weighted by Gasteiger charge is -2.14. The first kappa shape index (κ1) is 19.9. The number of ether oxygens (including phenoxy) is 1. The summed E-state index contributed by atoms with van der Waals surface area (Å²) in [7, 11) is 3.89. The van der Waals surface area contributed by atoms with Crippen molar-refractivity contribution in [2.75, 3.05) is 14.1 Å². The Morgan fingerprint density at radius 3 is 2.58 bits per heavy atom. The van der Waals surface area contributed by atoms with Crippen LogP contribution in [0.1, 0.15) is 32.9 Å². The van der Waals surface area contributed by atoms with Crippen molar-refractivity contribution in [3.63, 3.8) is 0 Å². The van der Waals surface area contributed by atoms with Gasteiger partial charge in [-0.3, -0.25) is 9.89 Å². The minimum atomic E-state index is -0.318. The van der Waals surface area contributed by atoms with Crippen molar-refractivity contribution < 1.29 is 14.6 Å². The molecule has 0 spiro atoms. The third-order valence-corrected chi connectivity index (χ3v) is 3.67. The SMILES string of the molecule is CC(C)(C)OC=O.CN(C)C(=S)CCc1n[nH]c2cc(O)ccc12. The monoisotopic (exact) mass is 351 g/mol. The van der Waals surface area contributed by atoms with Crippen LogP contribution >= 0.6 is 12.2 Å². The molecule has 0 amide bonds. The Balaban J connectivity index is 0.000000351. The summed E-state index contributed by atoms with van der Waals surface area (Å²) in [5.74, 6) is 0.247. The number of carbonyl (C=O) groups excluding carboxylic acids is 1. The molecule has 0 bridgehead atoms. The van der Waals surface area contributed by atoms with E-state index >= 15 is 0 Å². The maximum absolute atomic E-state index is 9.60. The van der Waals surface area contributed by atoms with Crippen molar-refractivity contribution in [2.24, 2.45) is 0 Å². The molecule has 132 valence electrons. The number of phenols is 1. The molecule has 2 rings (SSSR count). The van der Waals surface area contributed by atoms with Gasteiger partial charge in [-0.1, -0.05) is 12.2 Å². The zero-order valence-electron chi connectivity index (χ0n) is 14.8. The van der Waals surface area contributed by atoms with Crippen LogP contribution in [0.25, 0.3) is 10.9 Å². The minimum absolute atomic E-state index is 0.247. The molecule has 1 heterocycles. The van der Waals surface area contributed by atoms with E-state index in [1.165, 1.54) is 0 Å². The summed E-state index contributed by atoms with van der Waals surface area (Å²) in [4.78, 5) is 12.5. The molecular weight excluding hydrogens is 326 g/mol. The summed E-state index contributed by atoms with van der Waals surface area (Å²) in [6.07, 6.45) is 1.62. The maximum atomic E-state index is 9.60. The molecule has 0 aliphatic heterocycles. The molecule has 0 radical (unpaired) electrons. The number of benzene rings is 1. The van der Waals surface area contributed by atoms with Crippen molar-refractivity contribution in [1.82, 2.24) is 15.1 Å². The number of aromatic amines is 1. The van der Waals surface area contributed by atoms with Crippen LogP contribution in [0.15, 0.2) is 18.2 Å². The smallest absolute Gasteiger partial charge is 0.293 e. The van der Waals surface area contributed by atoms with Gasteiger partial charge in [0.1, 0.15) is 11.4 Å². The first-order valence-corrected chi connectivity index (χ1v) is 8.02. The Hall–Kier alpha value is -2.15. The highest BCUT2D eigenvalue weighted by Gasteiger charge is 2.08. The molecular formula is C17H25N3O3S. The van der Waals surface area contributed by atoms with Gasteiger partial charge in [-0.25, -0.2) is 0 Å². The normalized spacial score (nSPS) is 10.7. The van der Waals surface area contributed by atoms with E-state index in [0.717, 1.165) is 34.4 Å². The predicted molar refractivity (Wildman–Crippen MR) is 99.3 cm³/mol. The number of aromatic hydroxyl groups is 1. The van der Waals surface area contributed by atoms with Crippen molar-refractivity contribution in [1.29, 1.82) is 0 Å². The fraction of sp³-hybridized carbons (Fsp3) is 0.471. The Bertz CT molecular complexity index is 690. The topological polar surface area (TPSA) is 78.5 Å². The van der Waals surface area contributed by atoms with Crippen molar-refractivity contribution in [3.05, 3.63) is 23.9 Å². The lowest BCUT2D eigenvalue weighted by Crippen LogP contribution is -2.19. The zero-order chi connectivity index (χ0) is 18.3. The molecule has 0 atom stereocenters. The number of nitrogens with one attached hydrogen (secondary N) is 1. The summed E-state index contributed by atoms with van der Waals surface area (Å²) < 4.78 is 4.55. The molecule has 0 aliphatic rings. The predicted octanol–water partition coefficient (Wildman–Crippen LogP) is 3.05. The lowest BCUT2D eigenvalue weighted by molar-refractivity contribution is -0.138. The quantitative estimate of drug-likeness (QED) is 0.651. The van der Waals surface area contributed by atoms with Crippen LogP contribution in [0.5, 0.6) is 5.75 Å². The van der Waals surface area contributed by atoms with Crippen molar-refractivity contribution in [3.8, 4) is 5.75 Å².